The number of methoxy groups -OCH3 is 2. The lowest BCUT2D eigenvalue weighted by Gasteiger charge is -2.44. The summed E-state index contributed by atoms with van der Waals surface area (Å²) in [5, 5.41) is 1.70. The van der Waals surface area contributed by atoms with E-state index in [-0.39, 0.29) is 5.78 Å². The Bertz CT molecular complexity index is 1140. The maximum atomic E-state index is 13.0. The average Bonchev–Trinajstić information content (AvgIpc) is 3.16. The molecular formula is C22H21ClN2O4S. The Kier molecular flexibility index (Phi) is 4.75. The molecule has 6 nitrogen and oxygen atoms in total. The third-order valence-electron chi connectivity index (χ3n) is 5.87. The zero-order valence-corrected chi connectivity index (χ0v) is 18.3. The van der Waals surface area contributed by atoms with Crippen LogP contribution < -0.4 is 19.1 Å². The summed E-state index contributed by atoms with van der Waals surface area (Å²) >= 11 is 7.75. The number of carbonyl (C=O) groups excluding carboxylic acids is 1. The van der Waals surface area contributed by atoms with Gasteiger partial charge in [0.05, 0.1) is 30.9 Å². The van der Waals surface area contributed by atoms with E-state index >= 15 is 0 Å². The van der Waals surface area contributed by atoms with Crippen LogP contribution in [0.1, 0.15) is 29.6 Å². The largest absolute Gasteiger partial charge is 0.496 e. The fraction of sp³-hybridized carbons (Fsp3) is 0.364. The molecule has 2 aromatic carbocycles. The number of hydrogen-bond acceptors (Lipinski definition) is 7. The first-order valence-corrected chi connectivity index (χ1v) is 11.0. The SMILES string of the molecule is COc1cc(OC)c2c(c1)OC1(CCN(c3nc4ccc(Cl)cc4s3)CC1)CC2=O. The second-order valence-corrected chi connectivity index (χ2v) is 9.13. The van der Waals surface area contributed by atoms with Gasteiger partial charge in [0.1, 0.15) is 28.4 Å². The number of anilines is 1. The van der Waals surface area contributed by atoms with Gasteiger partial charge in [-0.15, -0.1) is 0 Å². The Labute approximate surface area is 183 Å². The van der Waals surface area contributed by atoms with Crippen LogP contribution in [0.5, 0.6) is 17.2 Å². The van der Waals surface area contributed by atoms with Crippen molar-refractivity contribution in [1.29, 1.82) is 0 Å². The number of carbonyl (C=O) groups is 1. The normalized spacial score (nSPS) is 17.7. The fourth-order valence-electron chi connectivity index (χ4n) is 4.26. The Balaban J connectivity index is 1.38. The summed E-state index contributed by atoms with van der Waals surface area (Å²) in [6.07, 6.45) is 1.84. The number of benzene rings is 2. The second kappa shape index (κ2) is 7.32. The minimum Gasteiger partial charge on any atom is -0.496 e. The van der Waals surface area contributed by atoms with Crippen LogP contribution in [-0.2, 0) is 0 Å². The van der Waals surface area contributed by atoms with E-state index in [0.29, 0.717) is 34.3 Å². The van der Waals surface area contributed by atoms with Gasteiger partial charge in [-0.05, 0) is 18.2 Å². The number of aromatic nitrogens is 1. The predicted octanol–water partition coefficient (Wildman–Crippen LogP) is 4.97. The molecule has 0 N–H and O–H groups in total. The molecule has 5 rings (SSSR count). The maximum Gasteiger partial charge on any atom is 0.186 e. The van der Waals surface area contributed by atoms with Crippen LogP contribution in [0.25, 0.3) is 10.2 Å². The summed E-state index contributed by atoms with van der Waals surface area (Å²) in [6.45, 7) is 1.55. The highest BCUT2D eigenvalue weighted by molar-refractivity contribution is 7.22. The molecule has 30 heavy (non-hydrogen) atoms. The first-order chi connectivity index (χ1) is 14.5. The molecule has 1 aromatic heterocycles. The number of fused-ring (bicyclic) bond motifs is 2. The van der Waals surface area contributed by atoms with Gasteiger partial charge < -0.3 is 19.1 Å². The number of ether oxygens (including phenoxy) is 3. The Morgan fingerprint density at radius 1 is 1.17 bits per heavy atom. The first-order valence-electron chi connectivity index (χ1n) is 9.79. The minimum absolute atomic E-state index is 0.0545. The summed E-state index contributed by atoms with van der Waals surface area (Å²) in [7, 11) is 3.14. The van der Waals surface area contributed by atoms with Crippen LogP contribution in [-0.4, -0.2) is 43.7 Å². The van der Waals surface area contributed by atoms with Gasteiger partial charge in [-0.3, -0.25) is 4.79 Å². The van der Waals surface area contributed by atoms with Gasteiger partial charge in [0.2, 0.25) is 0 Å². The summed E-state index contributed by atoms with van der Waals surface area (Å²) in [5.74, 6) is 1.71. The highest BCUT2D eigenvalue weighted by atomic mass is 35.5. The standard InChI is InChI=1S/C22H21ClN2O4S/c1-27-14-10-17(28-2)20-16(26)12-22(29-18(20)11-14)5-7-25(8-6-22)21-24-15-4-3-13(23)9-19(15)30-21/h3-4,9-11H,5-8,12H2,1-2H3. The van der Waals surface area contributed by atoms with Crippen LogP contribution in [0.2, 0.25) is 5.02 Å². The molecule has 0 unspecified atom stereocenters. The molecule has 2 aliphatic heterocycles. The van der Waals surface area contributed by atoms with Crippen LogP contribution >= 0.6 is 22.9 Å². The van der Waals surface area contributed by atoms with Crippen LogP contribution in [0.4, 0.5) is 5.13 Å². The van der Waals surface area contributed by atoms with E-state index in [1.54, 1.807) is 37.7 Å². The summed E-state index contributed by atoms with van der Waals surface area (Å²) < 4.78 is 18.3. The molecule has 0 atom stereocenters. The average molecular weight is 445 g/mol. The van der Waals surface area contributed by atoms with Crippen molar-refractivity contribution in [3.8, 4) is 17.2 Å². The highest BCUT2D eigenvalue weighted by Crippen LogP contribution is 2.45. The highest BCUT2D eigenvalue weighted by Gasteiger charge is 2.44. The van der Waals surface area contributed by atoms with Crippen molar-refractivity contribution in [2.45, 2.75) is 24.9 Å². The topological polar surface area (TPSA) is 60.9 Å². The Morgan fingerprint density at radius 2 is 1.97 bits per heavy atom. The van der Waals surface area contributed by atoms with E-state index in [2.05, 4.69) is 4.90 Å². The molecule has 1 fully saturated rings. The quantitative estimate of drug-likeness (QED) is 0.568. The maximum absolute atomic E-state index is 13.0. The van der Waals surface area contributed by atoms with Gasteiger partial charge in [0.25, 0.3) is 0 Å². The van der Waals surface area contributed by atoms with Crippen molar-refractivity contribution >= 4 is 44.1 Å². The van der Waals surface area contributed by atoms with Crippen LogP contribution in [0.3, 0.4) is 0 Å². The number of piperidine rings is 1. The van der Waals surface area contributed by atoms with Crippen molar-refractivity contribution in [3.05, 3.63) is 40.9 Å². The smallest absolute Gasteiger partial charge is 0.186 e. The molecule has 1 spiro atoms. The summed E-state index contributed by atoms with van der Waals surface area (Å²) in [5.41, 5.74) is 0.962. The number of Topliss-reactive ketones (excluding diaryl/α,β-unsaturated/α-hetero) is 1. The zero-order valence-electron chi connectivity index (χ0n) is 16.7. The molecule has 3 aromatic rings. The molecule has 0 bridgehead atoms. The van der Waals surface area contributed by atoms with Crippen molar-refractivity contribution in [2.24, 2.45) is 0 Å². The third-order valence-corrected chi connectivity index (χ3v) is 7.18. The molecule has 0 saturated carbocycles. The first kappa shape index (κ1) is 19.5. The number of thiazole rings is 1. The zero-order chi connectivity index (χ0) is 20.9. The lowest BCUT2D eigenvalue weighted by molar-refractivity contribution is 0.0225. The van der Waals surface area contributed by atoms with Crippen molar-refractivity contribution < 1.29 is 19.0 Å². The Morgan fingerprint density at radius 3 is 2.70 bits per heavy atom. The van der Waals surface area contributed by atoms with E-state index in [0.717, 1.165) is 41.3 Å². The molecular weight excluding hydrogens is 424 g/mol. The molecule has 8 heteroatoms. The predicted molar refractivity (Wildman–Crippen MR) is 118 cm³/mol. The van der Waals surface area contributed by atoms with E-state index in [4.69, 9.17) is 30.8 Å². The number of halogens is 1. The molecule has 0 aliphatic carbocycles. The lowest BCUT2D eigenvalue weighted by atomic mass is 9.82. The molecule has 156 valence electrons. The van der Waals surface area contributed by atoms with Crippen LogP contribution in [0.15, 0.2) is 30.3 Å². The van der Waals surface area contributed by atoms with Gasteiger partial charge in [0, 0.05) is 43.1 Å². The number of nitrogens with zero attached hydrogens (tertiary/aromatic N) is 2. The molecule has 2 aliphatic rings. The van der Waals surface area contributed by atoms with Crippen molar-refractivity contribution in [3.63, 3.8) is 0 Å². The van der Waals surface area contributed by atoms with Crippen molar-refractivity contribution in [1.82, 2.24) is 4.98 Å². The summed E-state index contributed by atoms with van der Waals surface area (Å²) in [6, 6.07) is 9.26. The van der Waals surface area contributed by atoms with Gasteiger partial charge in [-0.25, -0.2) is 4.98 Å². The van der Waals surface area contributed by atoms with E-state index < -0.39 is 5.60 Å². The van der Waals surface area contributed by atoms with Gasteiger partial charge >= 0.3 is 0 Å². The minimum atomic E-state index is -0.502. The monoisotopic (exact) mass is 444 g/mol. The third kappa shape index (κ3) is 3.26. The molecule has 1 saturated heterocycles. The number of ketones is 1. The van der Waals surface area contributed by atoms with Crippen molar-refractivity contribution in [2.75, 3.05) is 32.2 Å². The summed E-state index contributed by atoms with van der Waals surface area (Å²) in [4.78, 5) is 20.0. The van der Waals surface area contributed by atoms with Gasteiger partial charge in [-0.2, -0.15) is 0 Å². The molecule has 0 radical (unpaired) electrons. The molecule has 3 heterocycles. The Hall–Kier alpha value is -2.51. The molecule has 0 amide bonds. The van der Waals surface area contributed by atoms with E-state index in [1.165, 1.54) is 0 Å². The second-order valence-electron chi connectivity index (χ2n) is 7.68. The number of rotatable bonds is 3. The van der Waals surface area contributed by atoms with E-state index in [9.17, 15) is 4.79 Å². The van der Waals surface area contributed by atoms with Gasteiger partial charge in [0.15, 0.2) is 10.9 Å². The van der Waals surface area contributed by atoms with Gasteiger partial charge in [-0.1, -0.05) is 22.9 Å². The van der Waals surface area contributed by atoms with E-state index in [1.807, 2.05) is 18.2 Å². The lowest BCUT2D eigenvalue weighted by Crippen LogP contribution is -2.51. The van der Waals surface area contributed by atoms with Crippen LogP contribution in [0, 0.1) is 0 Å². The number of hydrogen-bond donors (Lipinski definition) is 0. The fourth-order valence-corrected chi connectivity index (χ4v) is 5.55.